The molecule has 0 heterocycles. The Hall–Kier alpha value is -2.62. The molecule has 4 heteroatoms. The first-order chi connectivity index (χ1) is 11.1. The summed E-state index contributed by atoms with van der Waals surface area (Å²) in [4.78, 5) is 23.9. The van der Waals surface area contributed by atoms with Crippen molar-refractivity contribution >= 4 is 23.2 Å². The fourth-order valence-corrected chi connectivity index (χ4v) is 2.23. The highest BCUT2D eigenvalue weighted by molar-refractivity contribution is 6.04. The van der Waals surface area contributed by atoms with Crippen LogP contribution >= 0.6 is 0 Å². The van der Waals surface area contributed by atoms with Gasteiger partial charge in [-0.3, -0.25) is 9.59 Å². The Labute approximate surface area is 136 Å². The van der Waals surface area contributed by atoms with Gasteiger partial charge >= 0.3 is 0 Å². The van der Waals surface area contributed by atoms with Gasteiger partial charge in [0, 0.05) is 23.4 Å². The average Bonchev–Trinajstić information content (AvgIpc) is 2.56. The zero-order valence-electron chi connectivity index (χ0n) is 13.6. The van der Waals surface area contributed by atoms with Crippen LogP contribution in [0.5, 0.6) is 0 Å². The fraction of sp³-hybridized carbons (Fsp3) is 0.263. The zero-order valence-corrected chi connectivity index (χ0v) is 13.6. The lowest BCUT2D eigenvalue weighted by molar-refractivity contribution is -0.116. The molecule has 2 N–H and O–H groups in total. The minimum atomic E-state index is -0.145. The predicted molar refractivity (Wildman–Crippen MR) is 93.7 cm³/mol. The van der Waals surface area contributed by atoms with E-state index in [0.717, 1.165) is 29.8 Å². The van der Waals surface area contributed by atoms with Crippen molar-refractivity contribution in [3.63, 3.8) is 0 Å². The van der Waals surface area contributed by atoms with Gasteiger partial charge in [0.15, 0.2) is 0 Å². The van der Waals surface area contributed by atoms with Gasteiger partial charge in [-0.05, 0) is 49.2 Å². The Morgan fingerprint density at radius 1 is 1.00 bits per heavy atom. The van der Waals surface area contributed by atoms with Crippen molar-refractivity contribution in [2.75, 3.05) is 10.6 Å². The van der Waals surface area contributed by atoms with Crippen LogP contribution in [0.1, 0.15) is 42.1 Å². The van der Waals surface area contributed by atoms with Gasteiger partial charge in [-0.15, -0.1) is 0 Å². The van der Waals surface area contributed by atoms with E-state index in [0.29, 0.717) is 12.0 Å². The topological polar surface area (TPSA) is 58.2 Å². The predicted octanol–water partition coefficient (Wildman–Crippen LogP) is 4.38. The molecule has 0 radical (unpaired) electrons. The molecule has 2 amide bonds. The molecule has 0 aliphatic carbocycles. The Morgan fingerprint density at radius 2 is 1.74 bits per heavy atom. The molecule has 4 nitrogen and oxygen atoms in total. The summed E-state index contributed by atoms with van der Waals surface area (Å²) in [6, 6.07) is 14.6. The molecule has 0 aromatic heterocycles. The smallest absolute Gasteiger partial charge is 0.255 e. The highest BCUT2D eigenvalue weighted by Crippen LogP contribution is 2.20. The molecule has 23 heavy (non-hydrogen) atoms. The van der Waals surface area contributed by atoms with E-state index >= 15 is 0 Å². The highest BCUT2D eigenvalue weighted by atomic mass is 16.2. The molecule has 120 valence electrons. The maximum absolute atomic E-state index is 12.2. The van der Waals surface area contributed by atoms with E-state index in [4.69, 9.17) is 0 Å². The minimum Gasteiger partial charge on any atom is -0.326 e. The van der Waals surface area contributed by atoms with Gasteiger partial charge in [-0.2, -0.15) is 0 Å². The molecule has 0 spiro atoms. The number of rotatable bonds is 6. The van der Waals surface area contributed by atoms with Crippen LogP contribution in [-0.4, -0.2) is 11.8 Å². The van der Waals surface area contributed by atoms with E-state index in [-0.39, 0.29) is 11.8 Å². The third kappa shape index (κ3) is 4.95. The molecule has 0 bridgehead atoms. The van der Waals surface area contributed by atoms with Gasteiger partial charge in [0.25, 0.3) is 5.91 Å². The van der Waals surface area contributed by atoms with Gasteiger partial charge in [0.1, 0.15) is 0 Å². The third-order valence-electron chi connectivity index (χ3n) is 3.55. The summed E-state index contributed by atoms with van der Waals surface area (Å²) in [5.41, 5.74) is 3.01. The van der Waals surface area contributed by atoms with Crippen LogP contribution < -0.4 is 10.6 Å². The first-order valence-electron chi connectivity index (χ1n) is 7.87. The summed E-state index contributed by atoms with van der Waals surface area (Å²) in [5.74, 6) is -0.124. The second-order valence-corrected chi connectivity index (χ2v) is 5.50. The van der Waals surface area contributed by atoms with E-state index in [1.807, 2.05) is 37.3 Å². The second-order valence-electron chi connectivity index (χ2n) is 5.50. The van der Waals surface area contributed by atoms with E-state index in [2.05, 4.69) is 17.6 Å². The van der Waals surface area contributed by atoms with Gasteiger partial charge in [0.2, 0.25) is 5.91 Å². The van der Waals surface area contributed by atoms with Crippen molar-refractivity contribution in [2.24, 2.45) is 0 Å². The Bertz CT molecular complexity index is 681. The van der Waals surface area contributed by atoms with E-state index in [9.17, 15) is 9.59 Å². The number of hydrogen-bond donors (Lipinski definition) is 2. The molecule has 0 saturated heterocycles. The molecule has 0 aliphatic rings. The van der Waals surface area contributed by atoms with Gasteiger partial charge < -0.3 is 10.6 Å². The number of aryl methyl sites for hydroxylation is 1. The maximum Gasteiger partial charge on any atom is 0.255 e. The summed E-state index contributed by atoms with van der Waals surface area (Å²) in [6.07, 6.45) is 2.41. The monoisotopic (exact) mass is 310 g/mol. The number of benzene rings is 2. The normalized spacial score (nSPS) is 10.2. The quantitative estimate of drug-likeness (QED) is 0.832. The van der Waals surface area contributed by atoms with Crippen LogP contribution in [-0.2, 0) is 4.79 Å². The number of carbonyl (C=O) groups is 2. The maximum atomic E-state index is 12.2. The van der Waals surface area contributed by atoms with Crippen LogP contribution in [0.2, 0.25) is 0 Å². The molecular weight excluding hydrogens is 288 g/mol. The number of anilines is 2. The lowest BCUT2D eigenvalue weighted by atomic mass is 10.1. The van der Waals surface area contributed by atoms with Gasteiger partial charge in [-0.25, -0.2) is 0 Å². The molecule has 0 atom stereocenters. The second kappa shape index (κ2) is 8.13. The largest absolute Gasteiger partial charge is 0.326 e. The number of hydrogen-bond acceptors (Lipinski definition) is 2. The van der Waals surface area contributed by atoms with Gasteiger partial charge in [0.05, 0.1) is 0 Å². The minimum absolute atomic E-state index is 0.0207. The van der Waals surface area contributed by atoms with E-state index in [1.165, 1.54) is 0 Å². The molecule has 0 unspecified atom stereocenters. The molecule has 2 aromatic rings. The summed E-state index contributed by atoms with van der Waals surface area (Å²) in [5, 5.41) is 5.77. The molecule has 2 rings (SSSR count). The SMILES string of the molecule is CCCCC(=O)Nc1ccc(NC(=O)c2ccccc2)c(C)c1. The molecule has 0 aliphatic heterocycles. The highest BCUT2D eigenvalue weighted by Gasteiger charge is 2.08. The van der Waals surface area contributed by atoms with Crippen molar-refractivity contribution < 1.29 is 9.59 Å². The third-order valence-corrected chi connectivity index (χ3v) is 3.55. The Kier molecular flexibility index (Phi) is 5.92. The summed E-state index contributed by atoms with van der Waals surface area (Å²) >= 11 is 0. The van der Waals surface area contributed by atoms with Crippen LogP contribution in [0, 0.1) is 6.92 Å². The number of carbonyl (C=O) groups excluding carboxylic acids is 2. The van der Waals surface area contributed by atoms with Crippen LogP contribution in [0.4, 0.5) is 11.4 Å². The summed E-state index contributed by atoms with van der Waals surface area (Å²) in [6.45, 7) is 3.96. The zero-order chi connectivity index (χ0) is 16.7. The average molecular weight is 310 g/mol. The summed E-state index contributed by atoms with van der Waals surface area (Å²) in [7, 11) is 0. The first kappa shape index (κ1) is 16.7. The first-order valence-corrected chi connectivity index (χ1v) is 7.87. The van der Waals surface area contributed by atoms with Gasteiger partial charge in [-0.1, -0.05) is 31.5 Å². The fourth-order valence-electron chi connectivity index (χ4n) is 2.23. The van der Waals surface area contributed by atoms with Crippen LogP contribution in [0.3, 0.4) is 0 Å². The lowest BCUT2D eigenvalue weighted by Crippen LogP contribution is -2.14. The van der Waals surface area contributed by atoms with Crippen LogP contribution in [0.25, 0.3) is 0 Å². The Balaban J connectivity index is 2.02. The van der Waals surface area contributed by atoms with Crippen molar-refractivity contribution in [2.45, 2.75) is 33.1 Å². The van der Waals surface area contributed by atoms with Crippen molar-refractivity contribution in [1.29, 1.82) is 0 Å². The standard InChI is InChI=1S/C19H22N2O2/c1-3-4-10-18(22)20-16-11-12-17(14(2)13-16)21-19(23)15-8-6-5-7-9-15/h5-9,11-13H,3-4,10H2,1-2H3,(H,20,22)(H,21,23). The Morgan fingerprint density at radius 3 is 2.39 bits per heavy atom. The van der Waals surface area contributed by atoms with Crippen molar-refractivity contribution in [3.8, 4) is 0 Å². The number of unbranched alkanes of at least 4 members (excludes halogenated alkanes) is 1. The number of nitrogens with one attached hydrogen (secondary N) is 2. The molecular formula is C19H22N2O2. The van der Waals surface area contributed by atoms with Crippen molar-refractivity contribution in [1.82, 2.24) is 0 Å². The van der Waals surface area contributed by atoms with E-state index < -0.39 is 0 Å². The molecule has 2 aromatic carbocycles. The molecule has 0 fully saturated rings. The summed E-state index contributed by atoms with van der Waals surface area (Å²) < 4.78 is 0. The van der Waals surface area contributed by atoms with E-state index in [1.54, 1.807) is 18.2 Å². The van der Waals surface area contributed by atoms with Crippen molar-refractivity contribution in [3.05, 3.63) is 59.7 Å². The molecule has 0 saturated carbocycles. The number of amides is 2. The lowest BCUT2D eigenvalue weighted by Gasteiger charge is -2.11. The van der Waals surface area contributed by atoms with Crippen LogP contribution in [0.15, 0.2) is 48.5 Å².